The second-order valence-corrected chi connectivity index (χ2v) is 5.69. The molecule has 0 saturated carbocycles. The van der Waals surface area contributed by atoms with Gasteiger partial charge in [0.15, 0.2) is 0 Å². The number of nitrogens with one attached hydrogen (secondary N) is 1. The highest BCUT2D eigenvalue weighted by molar-refractivity contribution is 5.36. The molecule has 0 aliphatic carbocycles. The molecule has 0 radical (unpaired) electrons. The maximum Gasteiger partial charge on any atom is 0.123 e. The summed E-state index contributed by atoms with van der Waals surface area (Å²) in [5.74, 6) is 0.989. The van der Waals surface area contributed by atoms with E-state index >= 15 is 0 Å². The van der Waals surface area contributed by atoms with E-state index in [9.17, 15) is 0 Å². The molecular formula is C17H28N2O. The van der Waals surface area contributed by atoms with Crippen molar-refractivity contribution in [2.45, 2.75) is 45.2 Å². The van der Waals surface area contributed by atoms with Crippen LogP contribution in [-0.4, -0.2) is 37.7 Å². The van der Waals surface area contributed by atoms with E-state index in [4.69, 9.17) is 4.74 Å². The van der Waals surface area contributed by atoms with Gasteiger partial charge in [-0.25, -0.2) is 0 Å². The predicted molar refractivity (Wildman–Crippen MR) is 84.3 cm³/mol. The molecule has 2 atom stereocenters. The van der Waals surface area contributed by atoms with Gasteiger partial charge in [0, 0.05) is 24.2 Å². The van der Waals surface area contributed by atoms with Gasteiger partial charge in [0.05, 0.1) is 7.11 Å². The molecule has 1 aromatic carbocycles. The van der Waals surface area contributed by atoms with Crippen LogP contribution in [0.4, 0.5) is 0 Å². The third kappa shape index (κ3) is 3.74. The zero-order chi connectivity index (χ0) is 14.4. The van der Waals surface area contributed by atoms with Crippen LogP contribution < -0.4 is 10.1 Å². The van der Waals surface area contributed by atoms with Crippen LogP contribution in [0.5, 0.6) is 5.75 Å². The number of methoxy groups -OCH3 is 1. The SMILES string of the molecule is CCNC(CN1CCCCC1C)c1ccccc1OC. The minimum absolute atomic E-state index is 0.344. The zero-order valence-electron chi connectivity index (χ0n) is 13.1. The number of likely N-dealkylation sites (N-methyl/N-ethyl adjacent to an activating group) is 1. The summed E-state index contributed by atoms with van der Waals surface area (Å²) in [4.78, 5) is 2.61. The quantitative estimate of drug-likeness (QED) is 0.863. The van der Waals surface area contributed by atoms with Gasteiger partial charge in [0.2, 0.25) is 0 Å². The van der Waals surface area contributed by atoms with Crippen molar-refractivity contribution in [1.29, 1.82) is 0 Å². The maximum atomic E-state index is 5.53. The van der Waals surface area contributed by atoms with Crippen molar-refractivity contribution in [3.8, 4) is 5.75 Å². The van der Waals surface area contributed by atoms with Crippen LogP contribution in [0.3, 0.4) is 0 Å². The van der Waals surface area contributed by atoms with Crippen molar-refractivity contribution < 1.29 is 4.74 Å². The van der Waals surface area contributed by atoms with Gasteiger partial charge in [0.25, 0.3) is 0 Å². The van der Waals surface area contributed by atoms with E-state index < -0.39 is 0 Å². The summed E-state index contributed by atoms with van der Waals surface area (Å²) in [5.41, 5.74) is 1.27. The Hall–Kier alpha value is -1.06. The van der Waals surface area contributed by atoms with Gasteiger partial charge in [-0.1, -0.05) is 31.5 Å². The fraction of sp³-hybridized carbons (Fsp3) is 0.647. The van der Waals surface area contributed by atoms with Crippen molar-refractivity contribution in [3.05, 3.63) is 29.8 Å². The summed E-state index contributed by atoms with van der Waals surface area (Å²) in [6.07, 6.45) is 4.03. The summed E-state index contributed by atoms with van der Waals surface area (Å²) in [5, 5.41) is 3.62. The molecule has 1 N–H and O–H groups in total. The van der Waals surface area contributed by atoms with Gasteiger partial charge in [-0.3, -0.25) is 4.90 Å². The summed E-state index contributed by atoms with van der Waals surface area (Å²) >= 11 is 0. The Bertz CT molecular complexity index is 408. The summed E-state index contributed by atoms with van der Waals surface area (Å²) in [7, 11) is 1.76. The molecule has 3 nitrogen and oxygen atoms in total. The number of para-hydroxylation sites is 1. The first-order chi connectivity index (χ1) is 9.76. The zero-order valence-corrected chi connectivity index (χ0v) is 13.1. The first-order valence-electron chi connectivity index (χ1n) is 7.86. The van der Waals surface area contributed by atoms with Gasteiger partial charge in [0.1, 0.15) is 5.75 Å². The first-order valence-corrected chi connectivity index (χ1v) is 7.86. The number of piperidine rings is 1. The highest BCUT2D eigenvalue weighted by atomic mass is 16.5. The Labute approximate surface area is 123 Å². The lowest BCUT2D eigenvalue weighted by atomic mass is 10.00. The van der Waals surface area contributed by atoms with Gasteiger partial charge in [-0.05, 0) is 38.9 Å². The molecule has 0 amide bonds. The van der Waals surface area contributed by atoms with Gasteiger partial charge < -0.3 is 10.1 Å². The smallest absolute Gasteiger partial charge is 0.123 e. The molecule has 1 saturated heterocycles. The van der Waals surface area contributed by atoms with Crippen LogP contribution in [0.2, 0.25) is 0 Å². The minimum Gasteiger partial charge on any atom is -0.496 e. The number of ether oxygens (including phenoxy) is 1. The van der Waals surface area contributed by atoms with Crippen LogP contribution in [-0.2, 0) is 0 Å². The highest BCUT2D eigenvalue weighted by Crippen LogP contribution is 2.27. The van der Waals surface area contributed by atoms with Crippen molar-refractivity contribution in [2.24, 2.45) is 0 Å². The van der Waals surface area contributed by atoms with Crippen LogP contribution in [0, 0.1) is 0 Å². The van der Waals surface area contributed by atoms with Crippen LogP contribution >= 0.6 is 0 Å². The van der Waals surface area contributed by atoms with E-state index in [2.05, 4.69) is 42.3 Å². The van der Waals surface area contributed by atoms with Crippen molar-refractivity contribution in [2.75, 3.05) is 26.7 Å². The molecule has 2 unspecified atom stereocenters. The highest BCUT2D eigenvalue weighted by Gasteiger charge is 2.23. The number of hydrogen-bond donors (Lipinski definition) is 1. The van der Waals surface area contributed by atoms with E-state index in [-0.39, 0.29) is 0 Å². The summed E-state index contributed by atoms with van der Waals surface area (Å²) in [6, 6.07) is 9.41. The molecule has 1 fully saturated rings. The molecule has 20 heavy (non-hydrogen) atoms. The Morgan fingerprint density at radius 3 is 2.85 bits per heavy atom. The molecular weight excluding hydrogens is 248 g/mol. The first kappa shape index (κ1) is 15.3. The fourth-order valence-electron chi connectivity index (χ4n) is 3.14. The molecule has 1 heterocycles. The average molecular weight is 276 g/mol. The fourth-order valence-corrected chi connectivity index (χ4v) is 3.14. The number of benzene rings is 1. The Balaban J connectivity index is 2.13. The lowest BCUT2D eigenvalue weighted by Gasteiger charge is -2.36. The molecule has 0 spiro atoms. The summed E-state index contributed by atoms with van der Waals surface area (Å²) in [6.45, 7) is 7.78. The second kappa shape index (κ2) is 7.65. The molecule has 1 aliphatic heterocycles. The van der Waals surface area contributed by atoms with Gasteiger partial charge in [-0.15, -0.1) is 0 Å². The molecule has 1 aliphatic rings. The van der Waals surface area contributed by atoms with E-state index in [1.807, 2.05) is 6.07 Å². The minimum atomic E-state index is 0.344. The third-order valence-electron chi connectivity index (χ3n) is 4.32. The van der Waals surface area contributed by atoms with Crippen LogP contribution in [0.25, 0.3) is 0 Å². The number of hydrogen-bond acceptors (Lipinski definition) is 3. The van der Waals surface area contributed by atoms with Gasteiger partial charge in [-0.2, -0.15) is 0 Å². The monoisotopic (exact) mass is 276 g/mol. The Morgan fingerprint density at radius 2 is 2.15 bits per heavy atom. The Morgan fingerprint density at radius 1 is 1.35 bits per heavy atom. The molecule has 3 heteroatoms. The topological polar surface area (TPSA) is 24.5 Å². The molecule has 0 bridgehead atoms. The van der Waals surface area contributed by atoms with E-state index in [0.29, 0.717) is 12.1 Å². The molecule has 112 valence electrons. The van der Waals surface area contributed by atoms with Crippen LogP contribution in [0.15, 0.2) is 24.3 Å². The predicted octanol–water partition coefficient (Wildman–Crippen LogP) is 3.22. The molecule has 0 aromatic heterocycles. The van der Waals surface area contributed by atoms with Crippen molar-refractivity contribution in [3.63, 3.8) is 0 Å². The molecule has 2 rings (SSSR count). The maximum absolute atomic E-state index is 5.53. The standard InChI is InChI=1S/C17H28N2O/c1-4-18-16(13-19-12-8-7-9-14(19)2)15-10-5-6-11-17(15)20-3/h5-6,10-11,14,16,18H,4,7-9,12-13H2,1-3H3. The molecule has 1 aromatic rings. The second-order valence-electron chi connectivity index (χ2n) is 5.69. The lowest BCUT2D eigenvalue weighted by Crippen LogP contribution is -2.43. The van der Waals surface area contributed by atoms with Crippen LogP contribution in [0.1, 0.15) is 44.7 Å². The van der Waals surface area contributed by atoms with Crippen molar-refractivity contribution in [1.82, 2.24) is 10.2 Å². The largest absolute Gasteiger partial charge is 0.496 e. The van der Waals surface area contributed by atoms with Gasteiger partial charge >= 0.3 is 0 Å². The lowest BCUT2D eigenvalue weighted by molar-refractivity contribution is 0.144. The number of rotatable bonds is 6. The summed E-state index contributed by atoms with van der Waals surface area (Å²) < 4.78 is 5.53. The average Bonchev–Trinajstić information content (AvgIpc) is 2.49. The van der Waals surface area contributed by atoms with E-state index in [1.54, 1.807) is 7.11 Å². The normalized spacial score (nSPS) is 21.6. The number of nitrogens with zero attached hydrogens (tertiary/aromatic N) is 1. The Kier molecular flexibility index (Phi) is 5.86. The number of likely N-dealkylation sites (tertiary alicyclic amines) is 1. The van der Waals surface area contributed by atoms with Crippen molar-refractivity contribution >= 4 is 0 Å². The third-order valence-corrected chi connectivity index (χ3v) is 4.32. The van der Waals surface area contributed by atoms with E-state index in [1.165, 1.54) is 31.4 Å². The van der Waals surface area contributed by atoms with E-state index in [0.717, 1.165) is 18.8 Å².